The van der Waals surface area contributed by atoms with Gasteiger partial charge in [-0.2, -0.15) is 0 Å². The van der Waals surface area contributed by atoms with Crippen molar-refractivity contribution in [2.24, 2.45) is 0 Å². The standard InChI is InChI=1S/C15H12ClNO4/c16-12-6-5-11(21-12)14(18)17-8-7-9-3-1-2-4-10(9)13(17)15(19)20/h1-6,13H,7-8H2,(H,19,20). The van der Waals surface area contributed by atoms with Gasteiger partial charge < -0.3 is 14.4 Å². The lowest BCUT2D eigenvalue weighted by Crippen LogP contribution is -2.43. The number of carbonyl (C=O) groups excluding carboxylic acids is 1. The first-order chi connectivity index (χ1) is 10.1. The average Bonchev–Trinajstić information content (AvgIpc) is 2.91. The third-order valence-corrected chi connectivity index (χ3v) is 3.77. The number of carbonyl (C=O) groups is 2. The zero-order valence-electron chi connectivity index (χ0n) is 11.0. The maximum absolute atomic E-state index is 12.4. The van der Waals surface area contributed by atoms with Crippen LogP contribution in [0, 0.1) is 0 Å². The van der Waals surface area contributed by atoms with E-state index >= 15 is 0 Å². The Bertz CT molecular complexity index is 709. The fourth-order valence-electron chi connectivity index (χ4n) is 2.62. The van der Waals surface area contributed by atoms with Gasteiger partial charge in [0.25, 0.3) is 5.91 Å². The van der Waals surface area contributed by atoms with Crippen molar-refractivity contribution in [3.8, 4) is 0 Å². The second-order valence-corrected chi connectivity index (χ2v) is 5.16. The molecule has 1 atom stereocenters. The maximum atomic E-state index is 12.4. The molecule has 21 heavy (non-hydrogen) atoms. The minimum atomic E-state index is -1.06. The van der Waals surface area contributed by atoms with E-state index in [0.717, 1.165) is 5.56 Å². The fourth-order valence-corrected chi connectivity index (χ4v) is 2.77. The second-order valence-electron chi connectivity index (χ2n) is 4.79. The van der Waals surface area contributed by atoms with Gasteiger partial charge in [-0.05, 0) is 41.3 Å². The van der Waals surface area contributed by atoms with Crippen molar-refractivity contribution in [3.05, 3.63) is 58.5 Å². The number of fused-ring (bicyclic) bond motifs is 1. The van der Waals surface area contributed by atoms with E-state index in [9.17, 15) is 14.7 Å². The van der Waals surface area contributed by atoms with Crippen molar-refractivity contribution < 1.29 is 19.1 Å². The molecule has 2 aromatic rings. The smallest absolute Gasteiger partial charge is 0.331 e. The van der Waals surface area contributed by atoms with Crippen LogP contribution in [0.2, 0.25) is 5.22 Å². The molecule has 0 radical (unpaired) electrons. The van der Waals surface area contributed by atoms with E-state index in [-0.39, 0.29) is 11.0 Å². The zero-order chi connectivity index (χ0) is 15.0. The molecule has 1 N–H and O–H groups in total. The summed E-state index contributed by atoms with van der Waals surface area (Å²) in [6.07, 6.45) is 0.611. The highest BCUT2D eigenvalue weighted by Crippen LogP contribution is 2.31. The second kappa shape index (κ2) is 5.26. The van der Waals surface area contributed by atoms with E-state index in [4.69, 9.17) is 16.0 Å². The average molecular weight is 306 g/mol. The van der Waals surface area contributed by atoms with Crippen molar-refractivity contribution in [3.63, 3.8) is 0 Å². The van der Waals surface area contributed by atoms with Crippen molar-refractivity contribution in [2.45, 2.75) is 12.5 Å². The zero-order valence-corrected chi connectivity index (χ0v) is 11.7. The molecule has 108 valence electrons. The summed E-state index contributed by atoms with van der Waals surface area (Å²) in [7, 11) is 0. The molecule has 0 bridgehead atoms. The molecule has 1 unspecified atom stereocenters. The molecular formula is C15H12ClNO4. The van der Waals surface area contributed by atoms with Gasteiger partial charge in [0.15, 0.2) is 17.0 Å². The topological polar surface area (TPSA) is 70.8 Å². The lowest BCUT2D eigenvalue weighted by Gasteiger charge is -2.34. The lowest BCUT2D eigenvalue weighted by molar-refractivity contribution is -0.143. The van der Waals surface area contributed by atoms with Gasteiger partial charge in [0.05, 0.1) is 0 Å². The summed E-state index contributed by atoms with van der Waals surface area (Å²) in [6, 6.07) is 9.16. The molecule has 0 fully saturated rings. The number of aliphatic carboxylic acids is 1. The van der Waals surface area contributed by atoms with Crippen LogP contribution in [0.4, 0.5) is 0 Å². The number of carboxylic acid groups (broad SMARTS) is 1. The number of nitrogens with zero attached hydrogens (tertiary/aromatic N) is 1. The van der Waals surface area contributed by atoms with Crippen LogP contribution in [0.3, 0.4) is 0 Å². The van der Waals surface area contributed by atoms with E-state index in [2.05, 4.69) is 0 Å². The van der Waals surface area contributed by atoms with Gasteiger partial charge >= 0.3 is 5.97 Å². The summed E-state index contributed by atoms with van der Waals surface area (Å²) in [6.45, 7) is 0.325. The van der Waals surface area contributed by atoms with Gasteiger partial charge in [-0.25, -0.2) is 4.79 Å². The van der Waals surface area contributed by atoms with Crippen LogP contribution in [0.25, 0.3) is 0 Å². The van der Waals surface area contributed by atoms with E-state index in [0.29, 0.717) is 18.5 Å². The third-order valence-electron chi connectivity index (χ3n) is 3.56. The molecule has 0 aliphatic carbocycles. The number of benzene rings is 1. The Morgan fingerprint density at radius 3 is 2.67 bits per heavy atom. The van der Waals surface area contributed by atoms with Gasteiger partial charge in [0.2, 0.25) is 0 Å². The van der Waals surface area contributed by atoms with Crippen LogP contribution in [-0.4, -0.2) is 28.4 Å². The predicted molar refractivity (Wildman–Crippen MR) is 75.3 cm³/mol. The number of halogens is 1. The number of hydrogen-bond acceptors (Lipinski definition) is 3. The number of carboxylic acids is 1. The van der Waals surface area contributed by atoms with E-state index < -0.39 is 17.9 Å². The lowest BCUT2D eigenvalue weighted by atomic mass is 9.92. The maximum Gasteiger partial charge on any atom is 0.331 e. The van der Waals surface area contributed by atoms with Gasteiger partial charge in [0.1, 0.15) is 0 Å². The largest absolute Gasteiger partial charge is 0.479 e. The highest BCUT2D eigenvalue weighted by molar-refractivity contribution is 6.29. The molecular weight excluding hydrogens is 294 g/mol. The Balaban J connectivity index is 1.99. The van der Waals surface area contributed by atoms with E-state index in [1.165, 1.54) is 17.0 Å². The predicted octanol–water partition coefficient (Wildman–Crippen LogP) is 2.76. The molecule has 1 aliphatic rings. The first kappa shape index (κ1) is 13.7. The van der Waals surface area contributed by atoms with Crippen LogP contribution in [0.5, 0.6) is 0 Å². The molecule has 5 nitrogen and oxygen atoms in total. The van der Waals surface area contributed by atoms with Crippen LogP contribution >= 0.6 is 11.6 Å². The summed E-state index contributed by atoms with van der Waals surface area (Å²) in [4.78, 5) is 25.4. The molecule has 1 aliphatic heterocycles. The molecule has 1 aromatic heterocycles. The van der Waals surface area contributed by atoms with Crippen molar-refractivity contribution >= 4 is 23.5 Å². The van der Waals surface area contributed by atoms with Gasteiger partial charge in [-0.15, -0.1) is 0 Å². The summed E-state index contributed by atoms with van der Waals surface area (Å²) in [5.41, 5.74) is 1.59. The molecule has 0 spiro atoms. The van der Waals surface area contributed by atoms with Crippen LogP contribution in [0.1, 0.15) is 27.7 Å². The van der Waals surface area contributed by atoms with Gasteiger partial charge in [0, 0.05) is 6.54 Å². The molecule has 3 rings (SSSR count). The Kier molecular flexibility index (Phi) is 3.43. The van der Waals surface area contributed by atoms with E-state index in [1.54, 1.807) is 12.1 Å². The summed E-state index contributed by atoms with van der Waals surface area (Å²) in [5, 5.41) is 9.61. The number of rotatable bonds is 2. The van der Waals surface area contributed by atoms with Crippen molar-refractivity contribution in [1.82, 2.24) is 4.90 Å². The Hall–Kier alpha value is -2.27. The monoisotopic (exact) mass is 305 g/mol. The fraction of sp³-hybridized carbons (Fsp3) is 0.200. The molecule has 0 saturated carbocycles. The quantitative estimate of drug-likeness (QED) is 0.926. The molecule has 1 amide bonds. The Labute approximate surface area is 125 Å². The number of amides is 1. The minimum Gasteiger partial charge on any atom is -0.479 e. The molecule has 1 aromatic carbocycles. The minimum absolute atomic E-state index is 0.0469. The summed E-state index contributed by atoms with van der Waals surface area (Å²) >= 11 is 5.67. The third kappa shape index (κ3) is 2.40. The first-order valence-corrected chi connectivity index (χ1v) is 6.82. The first-order valence-electron chi connectivity index (χ1n) is 6.45. The highest BCUT2D eigenvalue weighted by atomic mass is 35.5. The summed E-state index contributed by atoms with van der Waals surface area (Å²) in [5.74, 6) is -1.48. The normalized spacial score (nSPS) is 17.4. The SMILES string of the molecule is O=C(O)C1c2ccccc2CCN1C(=O)c1ccc(Cl)o1. The van der Waals surface area contributed by atoms with Crippen LogP contribution in [-0.2, 0) is 11.2 Å². The van der Waals surface area contributed by atoms with Crippen molar-refractivity contribution in [2.75, 3.05) is 6.54 Å². The number of furan rings is 1. The molecule has 2 heterocycles. The summed E-state index contributed by atoms with van der Waals surface area (Å²) < 4.78 is 5.10. The molecule has 6 heteroatoms. The van der Waals surface area contributed by atoms with Crippen LogP contribution < -0.4 is 0 Å². The van der Waals surface area contributed by atoms with Crippen molar-refractivity contribution in [1.29, 1.82) is 0 Å². The Morgan fingerprint density at radius 1 is 1.24 bits per heavy atom. The van der Waals surface area contributed by atoms with Gasteiger partial charge in [-0.3, -0.25) is 4.79 Å². The van der Waals surface area contributed by atoms with E-state index in [1.807, 2.05) is 12.1 Å². The molecule has 0 saturated heterocycles. The van der Waals surface area contributed by atoms with Gasteiger partial charge in [-0.1, -0.05) is 24.3 Å². The highest BCUT2D eigenvalue weighted by Gasteiger charge is 2.37. The Morgan fingerprint density at radius 2 is 2.00 bits per heavy atom. The number of hydrogen-bond donors (Lipinski definition) is 1. The van der Waals surface area contributed by atoms with Crippen LogP contribution in [0.15, 0.2) is 40.8 Å².